The molecule has 3 heteroatoms. The molecule has 1 aromatic rings. The number of hydrogen-bond acceptors (Lipinski definition) is 3. The third-order valence-electron chi connectivity index (χ3n) is 3.33. The lowest BCUT2D eigenvalue weighted by molar-refractivity contribution is 0.373. The highest BCUT2D eigenvalue weighted by molar-refractivity contribution is 5.41. The molecule has 1 aromatic carbocycles. The Morgan fingerprint density at radius 3 is 2.94 bits per heavy atom. The van der Waals surface area contributed by atoms with Crippen LogP contribution in [0.15, 0.2) is 29.8 Å². The van der Waals surface area contributed by atoms with Gasteiger partial charge in [-0.2, -0.15) is 0 Å². The highest BCUT2D eigenvalue weighted by atomic mass is 16.5. The number of benzene rings is 1. The van der Waals surface area contributed by atoms with Gasteiger partial charge < -0.3 is 15.2 Å². The molecule has 0 heterocycles. The van der Waals surface area contributed by atoms with Crippen LogP contribution in [0.25, 0.3) is 0 Å². The van der Waals surface area contributed by atoms with Gasteiger partial charge in [0.15, 0.2) is 11.5 Å². The van der Waals surface area contributed by atoms with Crippen molar-refractivity contribution in [2.75, 3.05) is 13.7 Å². The molecule has 0 amide bonds. The second-order valence-electron chi connectivity index (χ2n) is 4.69. The van der Waals surface area contributed by atoms with Gasteiger partial charge in [-0.25, -0.2) is 0 Å². The van der Waals surface area contributed by atoms with Crippen LogP contribution in [0.2, 0.25) is 0 Å². The monoisotopic (exact) mass is 247 g/mol. The Kier molecular flexibility index (Phi) is 4.65. The van der Waals surface area contributed by atoms with Gasteiger partial charge in [-0.05, 0) is 49.9 Å². The Bertz CT molecular complexity index is 427. The molecule has 98 valence electrons. The quantitative estimate of drug-likeness (QED) is 0.600. The molecule has 3 nitrogen and oxygen atoms in total. The maximum Gasteiger partial charge on any atom is 0.160 e. The predicted molar refractivity (Wildman–Crippen MR) is 72.9 cm³/mol. The molecule has 0 fully saturated rings. The van der Waals surface area contributed by atoms with Crippen molar-refractivity contribution < 1.29 is 9.84 Å². The number of phenolic OH excluding ortho intramolecular Hbond substituents is 1. The summed E-state index contributed by atoms with van der Waals surface area (Å²) in [6.45, 7) is 1.78. The Hall–Kier alpha value is -1.48. The van der Waals surface area contributed by atoms with Gasteiger partial charge in [0.25, 0.3) is 0 Å². The van der Waals surface area contributed by atoms with E-state index in [1.165, 1.54) is 19.3 Å². The van der Waals surface area contributed by atoms with Crippen LogP contribution in [-0.2, 0) is 6.54 Å². The molecule has 18 heavy (non-hydrogen) atoms. The van der Waals surface area contributed by atoms with Crippen molar-refractivity contribution in [2.45, 2.75) is 32.2 Å². The maximum absolute atomic E-state index is 9.66. The highest BCUT2D eigenvalue weighted by Gasteiger charge is 2.04. The minimum absolute atomic E-state index is 0.204. The second kappa shape index (κ2) is 6.45. The molecule has 0 radical (unpaired) electrons. The minimum atomic E-state index is 0.204. The molecule has 1 aliphatic rings. The Labute approximate surface area is 108 Å². The van der Waals surface area contributed by atoms with Gasteiger partial charge in [0.05, 0.1) is 7.11 Å². The first-order valence-corrected chi connectivity index (χ1v) is 6.54. The first kappa shape index (κ1) is 13.0. The normalized spacial score (nSPS) is 14.6. The first-order chi connectivity index (χ1) is 8.79. The zero-order valence-electron chi connectivity index (χ0n) is 10.9. The third kappa shape index (κ3) is 3.50. The van der Waals surface area contributed by atoms with Crippen LogP contribution in [0.3, 0.4) is 0 Å². The SMILES string of the molecule is COc1ccc(CNCCC2=CCCC2)cc1O. The van der Waals surface area contributed by atoms with Crippen molar-refractivity contribution in [1.29, 1.82) is 0 Å². The molecule has 0 aliphatic heterocycles. The van der Waals surface area contributed by atoms with Crippen LogP contribution < -0.4 is 10.1 Å². The van der Waals surface area contributed by atoms with Gasteiger partial charge in [-0.1, -0.05) is 17.7 Å². The molecule has 2 rings (SSSR count). The summed E-state index contributed by atoms with van der Waals surface area (Å²) in [4.78, 5) is 0. The summed E-state index contributed by atoms with van der Waals surface area (Å²) >= 11 is 0. The number of nitrogens with one attached hydrogen (secondary N) is 1. The van der Waals surface area contributed by atoms with E-state index in [4.69, 9.17) is 4.74 Å². The van der Waals surface area contributed by atoms with Crippen LogP contribution in [0.1, 0.15) is 31.2 Å². The van der Waals surface area contributed by atoms with E-state index >= 15 is 0 Å². The fourth-order valence-electron chi connectivity index (χ4n) is 2.29. The van der Waals surface area contributed by atoms with Crippen LogP contribution in [0.4, 0.5) is 0 Å². The van der Waals surface area contributed by atoms with E-state index in [0.717, 1.165) is 25.1 Å². The summed E-state index contributed by atoms with van der Waals surface area (Å²) in [5.41, 5.74) is 2.66. The van der Waals surface area contributed by atoms with Gasteiger partial charge in [0.2, 0.25) is 0 Å². The fourth-order valence-corrected chi connectivity index (χ4v) is 2.29. The maximum atomic E-state index is 9.66. The van der Waals surface area contributed by atoms with Crippen molar-refractivity contribution in [3.8, 4) is 11.5 Å². The number of hydrogen-bond donors (Lipinski definition) is 2. The van der Waals surface area contributed by atoms with Gasteiger partial charge >= 0.3 is 0 Å². The molecule has 0 spiro atoms. The smallest absolute Gasteiger partial charge is 0.160 e. The zero-order chi connectivity index (χ0) is 12.8. The first-order valence-electron chi connectivity index (χ1n) is 6.54. The molecule has 0 saturated carbocycles. The van der Waals surface area contributed by atoms with Crippen molar-refractivity contribution in [2.24, 2.45) is 0 Å². The summed E-state index contributed by atoms with van der Waals surface area (Å²) in [5.74, 6) is 0.727. The van der Waals surface area contributed by atoms with Crippen molar-refractivity contribution >= 4 is 0 Å². The lowest BCUT2D eigenvalue weighted by Crippen LogP contribution is -2.15. The largest absolute Gasteiger partial charge is 0.504 e. The molecule has 0 saturated heterocycles. The lowest BCUT2D eigenvalue weighted by Gasteiger charge is -2.08. The van der Waals surface area contributed by atoms with Gasteiger partial charge in [0.1, 0.15) is 0 Å². The summed E-state index contributed by atoms with van der Waals surface area (Å²) < 4.78 is 5.02. The number of phenols is 1. The average Bonchev–Trinajstić information content (AvgIpc) is 2.88. The van der Waals surface area contributed by atoms with Gasteiger partial charge in [-0.15, -0.1) is 0 Å². The second-order valence-corrected chi connectivity index (χ2v) is 4.69. The molecule has 0 unspecified atom stereocenters. The number of rotatable bonds is 6. The van der Waals surface area contributed by atoms with E-state index in [2.05, 4.69) is 11.4 Å². The van der Waals surface area contributed by atoms with E-state index in [1.807, 2.05) is 6.07 Å². The van der Waals surface area contributed by atoms with Crippen molar-refractivity contribution in [3.05, 3.63) is 35.4 Å². The molecule has 0 atom stereocenters. The van der Waals surface area contributed by atoms with Crippen LogP contribution in [0, 0.1) is 0 Å². The number of aromatic hydroxyl groups is 1. The van der Waals surface area contributed by atoms with E-state index < -0.39 is 0 Å². The van der Waals surface area contributed by atoms with Gasteiger partial charge in [-0.3, -0.25) is 0 Å². The van der Waals surface area contributed by atoms with Crippen molar-refractivity contribution in [1.82, 2.24) is 5.32 Å². The number of allylic oxidation sites excluding steroid dienone is 1. The summed E-state index contributed by atoms with van der Waals surface area (Å²) in [5, 5.41) is 13.1. The lowest BCUT2D eigenvalue weighted by atomic mass is 10.1. The third-order valence-corrected chi connectivity index (χ3v) is 3.33. The minimum Gasteiger partial charge on any atom is -0.504 e. The molecule has 0 bridgehead atoms. The molecular formula is C15H21NO2. The Balaban J connectivity index is 1.74. The number of ether oxygens (including phenoxy) is 1. The van der Waals surface area contributed by atoms with Gasteiger partial charge in [0, 0.05) is 6.54 Å². The summed E-state index contributed by atoms with van der Waals surface area (Å²) in [7, 11) is 1.56. The van der Waals surface area contributed by atoms with Crippen molar-refractivity contribution in [3.63, 3.8) is 0 Å². The van der Waals surface area contributed by atoms with E-state index in [9.17, 15) is 5.11 Å². The standard InChI is InChI=1S/C15H21NO2/c1-18-15-7-6-13(10-14(15)17)11-16-9-8-12-4-2-3-5-12/h4,6-7,10,16-17H,2-3,5,8-9,11H2,1H3. The zero-order valence-corrected chi connectivity index (χ0v) is 10.9. The molecule has 2 N–H and O–H groups in total. The van der Waals surface area contributed by atoms with Crippen LogP contribution >= 0.6 is 0 Å². The van der Waals surface area contributed by atoms with E-state index in [0.29, 0.717) is 5.75 Å². The predicted octanol–water partition coefficient (Wildman–Crippen LogP) is 2.99. The van der Waals surface area contributed by atoms with Crippen LogP contribution in [-0.4, -0.2) is 18.8 Å². The van der Waals surface area contributed by atoms with Crippen LogP contribution in [0.5, 0.6) is 11.5 Å². The Morgan fingerprint density at radius 2 is 2.28 bits per heavy atom. The molecule has 1 aliphatic carbocycles. The molecular weight excluding hydrogens is 226 g/mol. The summed E-state index contributed by atoms with van der Waals surface area (Å²) in [6.07, 6.45) is 7.34. The summed E-state index contributed by atoms with van der Waals surface area (Å²) in [6, 6.07) is 5.52. The molecule has 0 aromatic heterocycles. The topological polar surface area (TPSA) is 41.5 Å². The average molecular weight is 247 g/mol. The van der Waals surface area contributed by atoms with E-state index in [-0.39, 0.29) is 5.75 Å². The fraction of sp³-hybridized carbons (Fsp3) is 0.467. The van der Waals surface area contributed by atoms with E-state index in [1.54, 1.807) is 24.8 Å². The Morgan fingerprint density at radius 1 is 1.39 bits per heavy atom. The highest BCUT2D eigenvalue weighted by Crippen LogP contribution is 2.26. The number of methoxy groups -OCH3 is 1.